The van der Waals surface area contributed by atoms with Crippen LogP contribution in [-0.4, -0.2) is 9.97 Å². The van der Waals surface area contributed by atoms with Gasteiger partial charge in [0.2, 0.25) is 0 Å². The minimum absolute atomic E-state index is 1.20. The van der Waals surface area contributed by atoms with Crippen LogP contribution in [0.1, 0.15) is 24.0 Å². The topological polar surface area (TPSA) is 25.8 Å². The normalized spacial score (nSPS) is 12.8. The van der Waals surface area contributed by atoms with Gasteiger partial charge in [0.25, 0.3) is 0 Å². The Morgan fingerprint density at radius 3 is 2.12 bits per heavy atom. The van der Waals surface area contributed by atoms with Gasteiger partial charge in [-0.2, -0.15) is 0 Å². The minimum atomic E-state index is 1.20. The molecule has 2 heteroatoms. The third-order valence-electron chi connectivity index (χ3n) is 6.93. The van der Waals surface area contributed by atoms with Crippen LogP contribution < -0.4 is 0 Å². The van der Waals surface area contributed by atoms with Gasteiger partial charge in [-0.3, -0.25) is 9.97 Å². The number of rotatable bonds is 1. The highest BCUT2D eigenvalue weighted by Gasteiger charge is 2.14. The smallest absolute Gasteiger partial charge is 0.0346 e. The molecule has 2 nitrogen and oxygen atoms in total. The fourth-order valence-electron chi connectivity index (χ4n) is 5.24. The number of hydrogen-bond donors (Lipinski definition) is 0. The van der Waals surface area contributed by atoms with Gasteiger partial charge in [0.05, 0.1) is 0 Å². The molecule has 2 aromatic heterocycles. The van der Waals surface area contributed by atoms with Gasteiger partial charge in [0, 0.05) is 24.8 Å². The largest absolute Gasteiger partial charge is 0.265 e. The van der Waals surface area contributed by atoms with Gasteiger partial charge in [-0.05, 0) is 98.5 Å². The Morgan fingerprint density at radius 1 is 0.500 bits per heavy atom. The van der Waals surface area contributed by atoms with Crippen LogP contribution in [0, 0.1) is 0 Å². The summed E-state index contributed by atoms with van der Waals surface area (Å²) >= 11 is 0. The van der Waals surface area contributed by atoms with Gasteiger partial charge >= 0.3 is 0 Å². The SMILES string of the molecule is c1cc(-c2ccncc2)c2ccc3c4c(ccc3c2c1)CCCC4.c1ccc2cnccc2c1. The standard InChI is InChI=1S/C23H19N.C9H7N/c1-2-5-18-16(4-1)8-9-23-20-7-3-6-19(17-12-14-24-15-13-17)21(20)10-11-22(18)23;1-2-4-9-7-10-6-5-8(9)3-1/h3,6-15H,1-2,4-5H2;1-7H. The number of aromatic nitrogens is 2. The van der Waals surface area contributed by atoms with E-state index in [0.29, 0.717) is 0 Å². The predicted molar refractivity (Wildman–Crippen MR) is 143 cm³/mol. The summed E-state index contributed by atoms with van der Waals surface area (Å²) in [6, 6.07) is 30.4. The summed E-state index contributed by atoms with van der Waals surface area (Å²) in [7, 11) is 0. The Kier molecular flexibility index (Phi) is 5.48. The van der Waals surface area contributed by atoms with Crippen molar-refractivity contribution in [3.05, 3.63) is 121 Å². The zero-order chi connectivity index (χ0) is 22.7. The highest BCUT2D eigenvalue weighted by molar-refractivity contribution is 6.13. The van der Waals surface area contributed by atoms with E-state index in [1.807, 2.05) is 43.0 Å². The fourth-order valence-corrected chi connectivity index (χ4v) is 5.24. The van der Waals surface area contributed by atoms with Crippen LogP contribution in [0.25, 0.3) is 43.4 Å². The highest BCUT2D eigenvalue weighted by Crippen LogP contribution is 2.36. The van der Waals surface area contributed by atoms with Crippen molar-refractivity contribution >= 4 is 32.3 Å². The third kappa shape index (κ3) is 3.82. The molecular formula is C32H26N2. The molecule has 6 aromatic rings. The second kappa shape index (κ2) is 9.07. The van der Waals surface area contributed by atoms with Crippen molar-refractivity contribution in [2.24, 2.45) is 0 Å². The van der Waals surface area contributed by atoms with Gasteiger partial charge in [-0.25, -0.2) is 0 Å². The van der Waals surface area contributed by atoms with E-state index in [1.165, 1.54) is 69.1 Å². The van der Waals surface area contributed by atoms with Gasteiger partial charge in [0.15, 0.2) is 0 Å². The van der Waals surface area contributed by atoms with Crippen molar-refractivity contribution in [3.8, 4) is 11.1 Å². The third-order valence-corrected chi connectivity index (χ3v) is 6.93. The Hall–Kier alpha value is -4.04. The molecule has 0 unspecified atom stereocenters. The zero-order valence-corrected chi connectivity index (χ0v) is 19.1. The molecule has 164 valence electrons. The average molecular weight is 439 g/mol. The monoisotopic (exact) mass is 438 g/mol. The van der Waals surface area contributed by atoms with Gasteiger partial charge in [-0.1, -0.05) is 66.7 Å². The number of fused-ring (bicyclic) bond motifs is 6. The Bertz CT molecular complexity index is 1540. The number of aryl methyl sites for hydroxylation is 2. The van der Waals surface area contributed by atoms with Crippen LogP contribution in [0.2, 0.25) is 0 Å². The van der Waals surface area contributed by atoms with E-state index in [0.717, 1.165) is 0 Å². The highest BCUT2D eigenvalue weighted by atomic mass is 14.6. The lowest BCUT2D eigenvalue weighted by Crippen LogP contribution is -2.03. The first-order valence-electron chi connectivity index (χ1n) is 12.0. The summed E-state index contributed by atoms with van der Waals surface area (Å²) in [6.45, 7) is 0. The number of pyridine rings is 2. The summed E-state index contributed by atoms with van der Waals surface area (Å²) in [6.07, 6.45) is 12.5. The molecule has 4 aromatic carbocycles. The molecule has 2 heterocycles. The van der Waals surface area contributed by atoms with E-state index in [9.17, 15) is 0 Å². The summed E-state index contributed by atoms with van der Waals surface area (Å²) in [5, 5.41) is 7.97. The lowest BCUT2D eigenvalue weighted by molar-refractivity contribution is 0.690. The van der Waals surface area contributed by atoms with Crippen LogP contribution >= 0.6 is 0 Å². The Morgan fingerprint density at radius 2 is 1.24 bits per heavy atom. The van der Waals surface area contributed by atoms with Crippen LogP contribution in [-0.2, 0) is 12.8 Å². The summed E-state index contributed by atoms with van der Waals surface area (Å²) in [5.41, 5.74) is 5.65. The van der Waals surface area contributed by atoms with Gasteiger partial charge in [0.1, 0.15) is 0 Å². The quantitative estimate of drug-likeness (QED) is 0.242. The molecule has 0 fully saturated rings. The first-order chi connectivity index (χ1) is 16.9. The van der Waals surface area contributed by atoms with Crippen molar-refractivity contribution in [1.29, 1.82) is 0 Å². The minimum Gasteiger partial charge on any atom is -0.265 e. The van der Waals surface area contributed by atoms with E-state index >= 15 is 0 Å². The van der Waals surface area contributed by atoms with Crippen molar-refractivity contribution in [2.75, 3.05) is 0 Å². The van der Waals surface area contributed by atoms with E-state index < -0.39 is 0 Å². The molecule has 7 rings (SSSR count). The lowest BCUT2D eigenvalue weighted by Gasteiger charge is -2.19. The van der Waals surface area contributed by atoms with Crippen molar-refractivity contribution in [3.63, 3.8) is 0 Å². The lowest BCUT2D eigenvalue weighted by atomic mass is 9.86. The van der Waals surface area contributed by atoms with E-state index in [-0.39, 0.29) is 0 Å². The van der Waals surface area contributed by atoms with E-state index in [4.69, 9.17) is 0 Å². The first kappa shape index (κ1) is 20.6. The summed E-state index contributed by atoms with van der Waals surface area (Å²) < 4.78 is 0. The van der Waals surface area contributed by atoms with Crippen LogP contribution in [0.3, 0.4) is 0 Å². The second-order valence-corrected chi connectivity index (χ2v) is 8.93. The Balaban J connectivity index is 0.000000182. The summed E-state index contributed by atoms with van der Waals surface area (Å²) in [5.74, 6) is 0. The number of hydrogen-bond acceptors (Lipinski definition) is 2. The maximum atomic E-state index is 4.15. The summed E-state index contributed by atoms with van der Waals surface area (Å²) in [4.78, 5) is 8.16. The molecule has 0 bridgehead atoms. The molecule has 1 aliphatic rings. The predicted octanol–water partition coefficient (Wildman–Crippen LogP) is 8.17. The number of nitrogens with zero attached hydrogens (tertiary/aromatic N) is 2. The van der Waals surface area contributed by atoms with Crippen molar-refractivity contribution in [2.45, 2.75) is 25.7 Å². The molecule has 0 spiro atoms. The van der Waals surface area contributed by atoms with E-state index in [1.54, 1.807) is 11.1 Å². The van der Waals surface area contributed by atoms with Crippen LogP contribution in [0.4, 0.5) is 0 Å². The Labute approximate surface area is 199 Å². The molecule has 0 N–H and O–H groups in total. The molecule has 34 heavy (non-hydrogen) atoms. The molecule has 0 aliphatic heterocycles. The van der Waals surface area contributed by atoms with Gasteiger partial charge in [-0.15, -0.1) is 0 Å². The van der Waals surface area contributed by atoms with Crippen LogP contribution in [0.15, 0.2) is 110 Å². The number of benzene rings is 4. The molecule has 0 radical (unpaired) electrons. The van der Waals surface area contributed by atoms with Gasteiger partial charge < -0.3 is 0 Å². The molecular weight excluding hydrogens is 412 g/mol. The molecule has 0 amide bonds. The van der Waals surface area contributed by atoms with Crippen LogP contribution in [0.5, 0.6) is 0 Å². The first-order valence-corrected chi connectivity index (χ1v) is 12.0. The molecule has 1 aliphatic carbocycles. The van der Waals surface area contributed by atoms with E-state index in [2.05, 4.69) is 76.7 Å². The molecule has 0 saturated carbocycles. The van der Waals surface area contributed by atoms with Crippen molar-refractivity contribution in [1.82, 2.24) is 9.97 Å². The fraction of sp³-hybridized carbons (Fsp3) is 0.125. The maximum Gasteiger partial charge on any atom is 0.0346 e. The second-order valence-electron chi connectivity index (χ2n) is 8.93. The average Bonchev–Trinajstić information content (AvgIpc) is 2.93. The molecule has 0 saturated heterocycles. The van der Waals surface area contributed by atoms with Crippen molar-refractivity contribution < 1.29 is 0 Å². The molecule has 0 atom stereocenters. The zero-order valence-electron chi connectivity index (χ0n) is 19.1. The maximum absolute atomic E-state index is 4.15.